The molecular weight excluding hydrogens is 649 g/mol. The van der Waals surface area contributed by atoms with Crippen molar-refractivity contribution in [2.75, 3.05) is 0 Å². The zero-order valence-corrected chi connectivity index (χ0v) is 29.2. The van der Waals surface area contributed by atoms with E-state index >= 15 is 0 Å². The molecule has 0 saturated heterocycles. The average Bonchev–Trinajstić information content (AvgIpc) is 3.29. The molecule has 0 fully saturated rings. The molecule has 0 heteroatoms. The number of hydrogen-bond donors (Lipinski definition) is 0. The molecule has 11 aromatic carbocycles. The lowest BCUT2D eigenvalue weighted by atomic mass is 9.84. The van der Waals surface area contributed by atoms with E-state index in [2.05, 4.69) is 140 Å². The molecule has 11 aromatic rings. The summed E-state index contributed by atoms with van der Waals surface area (Å²) in [4.78, 5) is 0. The van der Waals surface area contributed by atoms with Gasteiger partial charge < -0.3 is 0 Å². The van der Waals surface area contributed by atoms with E-state index in [1.807, 2.05) is 36.4 Å². The first kappa shape index (κ1) is 25.9. The summed E-state index contributed by atoms with van der Waals surface area (Å²) in [5.41, 5.74) is 9.53. The molecule has 0 amide bonds. The molecule has 0 saturated carbocycles. The minimum atomic E-state index is -0.402. The molecular formula is C54H34. The Bertz CT molecular complexity index is 3420. The second kappa shape index (κ2) is 12.3. The summed E-state index contributed by atoms with van der Waals surface area (Å²) in [5, 5.41) is 11.2. The Hall–Kier alpha value is -7.02. The smallest absolute Gasteiger partial charge is 0.0622 e. The maximum Gasteiger partial charge on any atom is 0.0629 e. The van der Waals surface area contributed by atoms with E-state index in [1.165, 1.54) is 43.4 Å². The van der Waals surface area contributed by atoms with Gasteiger partial charge in [-0.25, -0.2) is 0 Å². The van der Waals surface area contributed by atoms with Crippen molar-refractivity contribution in [1.82, 2.24) is 0 Å². The van der Waals surface area contributed by atoms with Crippen LogP contribution in [-0.4, -0.2) is 0 Å². The molecule has 0 aliphatic rings. The van der Waals surface area contributed by atoms with Gasteiger partial charge in [0.1, 0.15) is 0 Å². The molecule has 0 heterocycles. The van der Waals surface area contributed by atoms with Gasteiger partial charge in [0.25, 0.3) is 0 Å². The topological polar surface area (TPSA) is 0 Å². The van der Waals surface area contributed by atoms with Crippen LogP contribution in [-0.2, 0) is 0 Å². The average molecular weight is 688 g/mol. The lowest BCUT2D eigenvalue weighted by molar-refractivity contribution is 1.60. The van der Waals surface area contributed by atoms with E-state index in [4.69, 9.17) is 6.85 Å². The zero-order valence-electron chi connectivity index (χ0n) is 34.2. The molecule has 0 N–H and O–H groups in total. The minimum Gasteiger partial charge on any atom is -0.0622 e. The van der Waals surface area contributed by atoms with E-state index in [1.54, 1.807) is 0 Å². The van der Waals surface area contributed by atoms with Gasteiger partial charge in [-0.3, -0.25) is 0 Å². The van der Waals surface area contributed by atoms with Crippen LogP contribution in [0.3, 0.4) is 0 Å². The van der Waals surface area contributed by atoms with Crippen LogP contribution in [0.25, 0.3) is 109 Å². The predicted molar refractivity (Wildman–Crippen MR) is 232 cm³/mol. The van der Waals surface area contributed by atoms with Gasteiger partial charge in [-0.1, -0.05) is 200 Å². The van der Waals surface area contributed by atoms with Crippen LogP contribution in [0.4, 0.5) is 0 Å². The Balaban J connectivity index is 1.04. The van der Waals surface area contributed by atoms with Gasteiger partial charge in [-0.2, -0.15) is 0 Å². The summed E-state index contributed by atoms with van der Waals surface area (Å²) in [6, 6.07) is 60.4. The molecule has 0 aliphatic heterocycles. The highest BCUT2D eigenvalue weighted by atomic mass is 14.2. The van der Waals surface area contributed by atoms with Gasteiger partial charge in [0, 0.05) is 0 Å². The van der Waals surface area contributed by atoms with E-state index in [0.29, 0.717) is 5.56 Å². The number of fused-ring (bicyclic) bond motifs is 2. The van der Waals surface area contributed by atoms with E-state index < -0.39 is 6.04 Å². The molecule has 0 nitrogen and oxygen atoms in total. The standard InChI is InChI=1S/C54H34/c1-3-10-35(11-4-1)44-30-33-49-50(34-44)53(39-12-5-2-6-13-39)47-17-8-7-16-46(47)52(49)42-24-20-37(21-25-42)36-18-22-38(23-19-36)45-31-28-43-27-26-40-14-9-15-41-29-32-48(45)54(43)51(40)41/h1-34H/i2D,5D,6D,12D,13D. The maximum absolute atomic E-state index is 9.03. The quantitative estimate of drug-likeness (QED) is 0.125. The van der Waals surface area contributed by atoms with Crippen LogP contribution in [0.1, 0.15) is 6.85 Å². The zero-order chi connectivity index (χ0) is 39.9. The monoisotopic (exact) mass is 687 g/mol. The molecule has 11 rings (SSSR count). The van der Waals surface area contributed by atoms with Gasteiger partial charge in [-0.15, -0.1) is 0 Å². The van der Waals surface area contributed by atoms with Crippen molar-refractivity contribution >= 4 is 53.9 Å². The summed E-state index contributed by atoms with van der Waals surface area (Å²) >= 11 is 0. The van der Waals surface area contributed by atoms with Crippen molar-refractivity contribution in [3.05, 3.63) is 206 Å². The second-order valence-electron chi connectivity index (χ2n) is 14.0. The molecule has 54 heavy (non-hydrogen) atoms. The van der Waals surface area contributed by atoms with Crippen LogP contribution in [0.2, 0.25) is 0 Å². The van der Waals surface area contributed by atoms with Crippen LogP contribution in [0.15, 0.2) is 206 Å². The van der Waals surface area contributed by atoms with Crippen molar-refractivity contribution in [3.63, 3.8) is 0 Å². The fourth-order valence-electron chi connectivity index (χ4n) is 8.60. The summed E-state index contributed by atoms with van der Waals surface area (Å²) in [6.07, 6.45) is 0. The first-order valence-electron chi connectivity index (χ1n) is 20.8. The molecule has 250 valence electrons. The first-order chi connectivity index (χ1) is 28.9. The van der Waals surface area contributed by atoms with E-state index in [9.17, 15) is 0 Å². The Morgan fingerprint density at radius 3 is 1.48 bits per heavy atom. The van der Waals surface area contributed by atoms with Gasteiger partial charge in [-0.05, 0) is 116 Å². The maximum atomic E-state index is 9.03. The second-order valence-corrected chi connectivity index (χ2v) is 14.0. The van der Waals surface area contributed by atoms with E-state index in [-0.39, 0.29) is 29.7 Å². The highest BCUT2D eigenvalue weighted by molar-refractivity contribution is 6.25. The highest BCUT2D eigenvalue weighted by Gasteiger charge is 2.18. The van der Waals surface area contributed by atoms with Crippen molar-refractivity contribution in [3.8, 4) is 55.6 Å². The highest BCUT2D eigenvalue weighted by Crippen LogP contribution is 2.45. The van der Waals surface area contributed by atoms with Crippen LogP contribution >= 0.6 is 0 Å². The van der Waals surface area contributed by atoms with Crippen molar-refractivity contribution in [2.45, 2.75) is 0 Å². The van der Waals surface area contributed by atoms with Gasteiger partial charge in [0.15, 0.2) is 0 Å². The lowest BCUT2D eigenvalue weighted by Crippen LogP contribution is -1.92. The van der Waals surface area contributed by atoms with E-state index in [0.717, 1.165) is 54.9 Å². The van der Waals surface area contributed by atoms with Crippen molar-refractivity contribution in [2.24, 2.45) is 0 Å². The third-order valence-corrected chi connectivity index (χ3v) is 11.1. The molecule has 0 spiro atoms. The molecule has 0 radical (unpaired) electrons. The lowest BCUT2D eigenvalue weighted by Gasteiger charge is -2.19. The molecule has 0 atom stereocenters. The third kappa shape index (κ3) is 4.85. The Kier molecular flexibility index (Phi) is 5.89. The van der Waals surface area contributed by atoms with Gasteiger partial charge in [0.05, 0.1) is 6.85 Å². The Morgan fingerprint density at radius 1 is 0.278 bits per heavy atom. The number of rotatable bonds is 5. The number of benzene rings is 11. The summed E-state index contributed by atoms with van der Waals surface area (Å²) < 4.78 is 43.5. The summed E-state index contributed by atoms with van der Waals surface area (Å²) in [6.45, 7) is 0. The van der Waals surface area contributed by atoms with Crippen molar-refractivity contribution in [1.29, 1.82) is 0 Å². The molecule has 0 aliphatic carbocycles. The predicted octanol–water partition coefficient (Wildman–Crippen LogP) is 15.2. The summed E-state index contributed by atoms with van der Waals surface area (Å²) in [5.74, 6) is 0. The Morgan fingerprint density at radius 2 is 0.778 bits per heavy atom. The number of hydrogen-bond acceptors (Lipinski definition) is 0. The van der Waals surface area contributed by atoms with Gasteiger partial charge in [0.2, 0.25) is 0 Å². The largest absolute Gasteiger partial charge is 0.0629 e. The minimum absolute atomic E-state index is 0.204. The van der Waals surface area contributed by atoms with Crippen molar-refractivity contribution < 1.29 is 6.85 Å². The van der Waals surface area contributed by atoms with Gasteiger partial charge >= 0.3 is 0 Å². The molecule has 0 aromatic heterocycles. The first-order valence-corrected chi connectivity index (χ1v) is 18.3. The fourth-order valence-corrected chi connectivity index (χ4v) is 8.60. The molecule has 0 bridgehead atoms. The van der Waals surface area contributed by atoms with Crippen LogP contribution in [0.5, 0.6) is 0 Å². The molecule has 0 unspecified atom stereocenters. The van der Waals surface area contributed by atoms with Crippen LogP contribution < -0.4 is 0 Å². The Labute approximate surface area is 321 Å². The third-order valence-electron chi connectivity index (χ3n) is 11.1. The normalized spacial score (nSPS) is 13.0. The SMILES string of the molecule is [2H]c1c([2H])c([2H])c(-c2c3ccccc3c(-c3ccc(-c4ccc(-c5ccc6ccc7cccc8ccc5c6c78)cc4)cc3)c3ccc(-c4ccccc4)cc23)c([2H])c1[2H]. The summed E-state index contributed by atoms with van der Waals surface area (Å²) in [7, 11) is 0. The van der Waals surface area contributed by atoms with Crippen LogP contribution in [0, 0.1) is 0 Å². The fraction of sp³-hybridized carbons (Fsp3) is 0.